The van der Waals surface area contributed by atoms with Crippen LogP contribution in [0.2, 0.25) is 0 Å². The summed E-state index contributed by atoms with van der Waals surface area (Å²) in [6.07, 6.45) is 7.18. The smallest absolute Gasteiger partial charge is 0.128 e. The zero-order chi connectivity index (χ0) is 22.9. The molecule has 5 heterocycles. The molecule has 1 unspecified atom stereocenters. The van der Waals surface area contributed by atoms with Crippen LogP contribution in [-0.4, -0.2) is 59.3 Å². The van der Waals surface area contributed by atoms with Gasteiger partial charge in [0.15, 0.2) is 0 Å². The number of hydrogen-bond acceptors (Lipinski definition) is 6. The van der Waals surface area contributed by atoms with Crippen molar-refractivity contribution in [3.63, 3.8) is 0 Å². The minimum atomic E-state index is 0.419. The van der Waals surface area contributed by atoms with Crippen LogP contribution in [0.3, 0.4) is 0 Å². The van der Waals surface area contributed by atoms with Gasteiger partial charge in [0.1, 0.15) is 5.82 Å². The van der Waals surface area contributed by atoms with E-state index >= 15 is 0 Å². The van der Waals surface area contributed by atoms with E-state index in [2.05, 4.69) is 68.0 Å². The van der Waals surface area contributed by atoms with Crippen LogP contribution < -0.4 is 9.80 Å². The fourth-order valence-electron chi connectivity index (χ4n) is 5.66. The Morgan fingerprint density at radius 3 is 2.53 bits per heavy atom. The monoisotopic (exact) mass is 452 g/mol. The van der Waals surface area contributed by atoms with Gasteiger partial charge in [-0.1, -0.05) is 24.3 Å². The van der Waals surface area contributed by atoms with Crippen molar-refractivity contribution in [3.05, 3.63) is 77.7 Å². The standard InChI is InChI=1S/C28H32N6/c1-21-7-5-13-29-24(21)20-34-14-6-10-25(34)23-19-22-8-4-9-26(28(22)31-23)32-15-17-33(18-16-32)27-11-2-3-12-30-27/h2-5,7-9,11-13,25H,6,10,14-20H2,1H3. The van der Waals surface area contributed by atoms with Gasteiger partial charge in [-0.05, 0) is 61.7 Å². The van der Waals surface area contributed by atoms with Crippen molar-refractivity contribution in [2.24, 2.45) is 4.99 Å². The summed E-state index contributed by atoms with van der Waals surface area (Å²) in [7, 11) is 0. The molecule has 6 heteroatoms. The number of aliphatic imine (C=N–C) groups is 1. The van der Waals surface area contributed by atoms with Crippen LogP contribution in [0.5, 0.6) is 0 Å². The van der Waals surface area contributed by atoms with Crippen LogP contribution in [0.4, 0.5) is 17.2 Å². The molecule has 0 amide bonds. The summed E-state index contributed by atoms with van der Waals surface area (Å²) in [5.74, 6) is 1.07. The lowest BCUT2D eigenvalue weighted by molar-refractivity contribution is 0.289. The number of hydrogen-bond donors (Lipinski definition) is 0. The summed E-state index contributed by atoms with van der Waals surface area (Å²) in [5, 5.41) is 0. The number of anilines is 2. The molecule has 0 N–H and O–H groups in total. The van der Waals surface area contributed by atoms with Gasteiger partial charge in [-0.25, -0.2) is 4.98 Å². The molecule has 6 rings (SSSR count). The maximum atomic E-state index is 5.29. The molecule has 1 aromatic carbocycles. The second-order valence-corrected chi connectivity index (χ2v) is 9.62. The van der Waals surface area contributed by atoms with Crippen molar-refractivity contribution >= 4 is 22.9 Å². The maximum absolute atomic E-state index is 5.29. The number of benzene rings is 1. The molecule has 34 heavy (non-hydrogen) atoms. The molecule has 0 bridgehead atoms. The maximum Gasteiger partial charge on any atom is 0.128 e. The predicted octanol–water partition coefficient (Wildman–Crippen LogP) is 4.40. The van der Waals surface area contributed by atoms with E-state index in [0.29, 0.717) is 6.04 Å². The third kappa shape index (κ3) is 4.07. The molecule has 0 aliphatic carbocycles. The fraction of sp³-hybridized carbons (Fsp3) is 0.393. The minimum Gasteiger partial charge on any atom is -0.366 e. The van der Waals surface area contributed by atoms with Crippen molar-refractivity contribution in [2.45, 2.75) is 38.8 Å². The predicted molar refractivity (Wildman–Crippen MR) is 138 cm³/mol. The number of fused-ring (bicyclic) bond motifs is 1. The zero-order valence-electron chi connectivity index (χ0n) is 19.9. The summed E-state index contributed by atoms with van der Waals surface area (Å²) in [4.78, 5) is 21.9. The Labute approximate surface area is 202 Å². The van der Waals surface area contributed by atoms with Gasteiger partial charge in [-0.3, -0.25) is 14.9 Å². The van der Waals surface area contributed by atoms with Crippen molar-refractivity contribution < 1.29 is 0 Å². The van der Waals surface area contributed by atoms with Crippen molar-refractivity contribution in [3.8, 4) is 0 Å². The number of nitrogens with zero attached hydrogens (tertiary/aromatic N) is 6. The molecule has 2 saturated heterocycles. The average Bonchev–Trinajstić information content (AvgIpc) is 3.53. The van der Waals surface area contributed by atoms with Gasteiger partial charge >= 0.3 is 0 Å². The molecule has 3 aromatic rings. The third-order valence-electron chi connectivity index (χ3n) is 7.54. The first-order chi connectivity index (χ1) is 16.8. The van der Waals surface area contributed by atoms with Gasteiger partial charge in [0.05, 0.1) is 17.1 Å². The Morgan fingerprint density at radius 2 is 1.71 bits per heavy atom. The Balaban J connectivity index is 1.19. The van der Waals surface area contributed by atoms with Crippen LogP contribution in [0.15, 0.2) is 65.9 Å². The van der Waals surface area contributed by atoms with E-state index in [9.17, 15) is 0 Å². The van der Waals surface area contributed by atoms with E-state index in [1.165, 1.54) is 46.7 Å². The van der Waals surface area contributed by atoms with E-state index in [1.807, 2.05) is 24.5 Å². The van der Waals surface area contributed by atoms with Crippen molar-refractivity contribution in [1.82, 2.24) is 14.9 Å². The number of piperazine rings is 1. The van der Waals surface area contributed by atoms with Crippen LogP contribution in [0.25, 0.3) is 0 Å². The summed E-state index contributed by atoms with van der Waals surface area (Å²) in [5.41, 5.74) is 7.66. The highest BCUT2D eigenvalue weighted by Crippen LogP contribution is 2.39. The van der Waals surface area contributed by atoms with Gasteiger partial charge in [-0.2, -0.15) is 0 Å². The first-order valence-electron chi connectivity index (χ1n) is 12.5. The number of para-hydroxylation sites is 1. The van der Waals surface area contributed by atoms with E-state index in [0.717, 1.165) is 51.5 Å². The quantitative estimate of drug-likeness (QED) is 0.574. The summed E-state index contributed by atoms with van der Waals surface area (Å²) in [6, 6.07) is 17.5. The van der Waals surface area contributed by atoms with E-state index in [1.54, 1.807) is 0 Å². The fourth-order valence-corrected chi connectivity index (χ4v) is 5.66. The SMILES string of the molecule is Cc1cccnc1CN1CCCC1C1=Nc2c(cccc2N2CCN(c3ccccn3)CC2)C1. The molecule has 174 valence electrons. The van der Waals surface area contributed by atoms with Crippen LogP contribution in [0, 0.1) is 6.92 Å². The van der Waals surface area contributed by atoms with Gasteiger partial charge in [0, 0.05) is 63.3 Å². The Morgan fingerprint density at radius 1 is 0.853 bits per heavy atom. The Kier molecular flexibility index (Phi) is 5.75. The zero-order valence-corrected chi connectivity index (χ0v) is 19.9. The molecule has 6 nitrogen and oxygen atoms in total. The van der Waals surface area contributed by atoms with Gasteiger partial charge in [0.25, 0.3) is 0 Å². The van der Waals surface area contributed by atoms with Gasteiger partial charge in [-0.15, -0.1) is 0 Å². The molecule has 2 aromatic heterocycles. The summed E-state index contributed by atoms with van der Waals surface area (Å²) in [6.45, 7) is 8.15. The molecule has 0 saturated carbocycles. The summed E-state index contributed by atoms with van der Waals surface area (Å²) >= 11 is 0. The number of likely N-dealkylation sites (tertiary alicyclic amines) is 1. The van der Waals surface area contributed by atoms with Crippen LogP contribution in [0.1, 0.15) is 29.7 Å². The highest BCUT2D eigenvalue weighted by molar-refractivity contribution is 6.00. The molecule has 0 spiro atoms. The third-order valence-corrected chi connectivity index (χ3v) is 7.54. The second-order valence-electron chi connectivity index (χ2n) is 9.62. The number of aryl methyl sites for hydroxylation is 1. The van der Waals surface area contributed by atoms with E-state index < -0.39 is 0 Å². The number of rotatable bonds is 5. The highest BCUT2D eigenvalue weighted by atomic mass is 15.3. The van der Waals surface area contributed by atoms with Gasteiger partial charge in [0.2, 0.25) is 0 Å². The number of pyridine rings is 2. The van der Waals surface area contributed by atoms with Crippen molar-refractivity contribution in [1.29, 1.82) is 0 Å². The number of aromatic nitrogens is 2. The lowest BCUT2D eigenvalue weighted by Gasteiger charge is -2.37. The van der Waals surface area contributed by atoms with Crippen LogP contribution >= 0.6 is 0 Å². The molecule has 2 fully saturated rings. The molecule has 1 atom stereocenters. The van der Waals surface area contributed by atoms with E-state index in [-0.39, 0.29) is 0 Å². The molecule has 3 aliphatic rings. The van der Waals surface area contributed by atoms with Crippen molar-refractivity contribution in [2.75, 3.05) is 42.5 Å². The second kappa shape index (κ2) is 9.18. The molecular weight excluding hydrogens is 420 g/mol. The first kappa shape index (κ1) is 21.3. The van der Waals surface area contributed by atoms with Crippen LogP contribution in [-0.2, 0) is 13.0 Å². The van der Waals surface area contributed by atoms with E-state index in [4.69, 9.17) is 4.99 Å². The lowest BCUT2D eigenvalue weighted by Crippen LogP contribution is -2.46. The Hall–Kier alpha value is -3.25. The molecule has 0 radical (unpaired) electrons. The molecule has 3 aliphatic heterocycles. The largest absolute Gasteiger partial charge is 0.366 e. The Bertz CT molecular complexity index is 1180. The first-order valence-corrected chi connectivity index (χ1v) is 12.5. The lowest BCUT2D eigenvalue weighted by atomic mass is 10.0. The molecular formula is C28H32N6. The normalized spacial score (nSPS) is 20.5. The highest BCUT2D eigenvalue weighted by Gasteiger charge is 2.33. The minimum absolute atomic E-state index is 0.419. The summed E-state index contributed by atoms with van der Waals surface area (Å²) < 4.78 is 0. The average molecular weight is 453 g/mol. The van der Waals surface area contributed by atoms with Gasteiger partial charge < -0.3 is 9.80 Å². The topological polar surface area (TPSA) is 47.9 Å².